The number of carbonyl (C=O) groups is 2. The van der Waals surface area contributed by atoms with Crippen molar-refractivity contribution in [1.29, 1.82) is 0 Å². The molecule has 74 valence electrons. The van der Waals surface area contributed by atoms with E-state index in [4.69, 9.17) is 9.84 Å². The van der Waals surface area contributed by atoms with Crippen LogP contribution in [-0.4, -0.2) is 41.3 Å². The second kappa shape index (κ2) is 3.64. The minimum absolute atomic E-state index is 0.500. The molecule has 2 atom stereocenters. The molecule has 2 unspecified atom stereocenters. The summed E-state index contributed by atoms with van der Waals surface area (Å²) in [6.45, 7) is 1.92. The van der Waals surface area contributed by atoms with Crippen LogP contribution in [0.3, 0.4) is 0 Å². The van der Waals surface area contributed by atoms with Gasteiger partial charge in [-0.1, -0.05) is 13.3 Å². The third kappa shape index (κ3) is 1.74. The van der Waals surface area contributed by atoms with Crippen LogP contribution >= 0.6 is 0 Å². The van der Waals surface area contributed by atoms with Gasteiger partial charge in [-0.05, 0) is 6.42 Å². The van der Waals surface area contributed by atoms with Crippen LogP contribution in [0, 0.1) is 0 Å². The van der Waals surface area contributed by atoms with E-state index in [1.165, 1.54) is 7.05 Å². The van der Waals surface area contributed by atoms with Crippen LogP contribution in [0.4, 0.5) is 4.79 Å². The average Bonchev–Trinajstić information content (AvgIpc) is 2.28. The van der Waals surface area contributed by atoms with Gasteiger partial charge in [-0.15, -0.1) is 0 Å². The zero-order valence-corrected chi connectivity index (χ0v) is 7.69. The highest BCUT2D eigenvalue weighted by Crippen LogP contribution is 2.21. The first-order chi connectivity index (χ1) is 6.07. The van der Waals surface area contributed by atoms with E-state index in [0.717, 1.165) is 11.3 Å². The molecular formula is C8H13NO4. The fourth-order valence-corrected chi connectivity index (χ4v) is 1.47. The summed E-state index contributed by atoms with van der Waals surface area (Å²) in [6.07, 6.45) is 0.341. The maximum absolute atomic E-state index is 11.0. The van der Waals surface area contributed by atoms with E-state index in [1.807, 2.05) is 6.92 Å². The number of carbonyl (C=O) groups excluding carboxylic acids is 1. The van der Waals surface area contributed by atoms with Crippen LogP contribution in [0.1, 0.15) is 19.8 Å². The van der Waals surface area contributed by atoms with Gasteiger partial charge in [-0.3, -0.25) is 4.90 Å². The normalized spacial score (nSPS) is 27.5. The summed E-state index contributed by atoms with van der Waals surface area (Å²) in [7, 11) is 1.44. The number of cyclic esters (lactones) is 1. The summed E-state index contributed by atoms with van der Waals surface area (Å²) >= 11 is 0. The van der Waals surface area contributed by atoms with Crippen LogP contribution in [0.2, 0.25) is 0 Å². The minimum atomic E-state index is -1.01. The average molecular weight is 187 g/mol. The van der Waals surface area contributed by atoms with E-state index in [1.54, 1.807) is 0 Å². The topological polar surface area (TPSA) is 66.8 Å². The Labute approximate surface area is 76.3 Å². The summed E-state index contributed by atoms with van der Waals surface area (Å²) in [4.78, 5) is 22.9. The molecule has 0 saturated carbocycles. The number of rotatable bonds is 3. The van der Waals surface area contributed by atoms with Crippen molar-refractivity contribution < 1.29 is 19.4 Å². The first-order valence-electron chi connectivity index (χ1n) is 4.24. The Balaban J connectivity index is 2.74. The number of carboxylic acid groups (broad SMARTS) is 1. The van der Waals surface area contributed by atoms with Gasteiger partial charge in [-0.2, -0.15) is 0 Å². The molecule has 0 aromatic heterocycles. The number of amides is 1. The van der Waals surface area contributed by atoms with Gasteiger partial charge < -0.3 is 9.84 Å². The summed E-state index contributed by atoms with van der Waals surface area (Å²) < 4.78 is 4.89. The maximum Gasteiger partial charge on any atom is 0.410 e. The molecular weight excluding hydrogens is 174 g/mol. The van der Waals surface area contributed by atoms with Crippen LogP contribution in [-0.2, 0) is 9.53 Å². The number of nitrogens with zero attached hydrogens (tertiary/aromatic N) is 1. The molecule has 1 N–H and O–H groups in total. The molecule has 13 heavy (non-hydrogen) atoms. The van der Waals surface area contributed by atoms with Gasteiger partial charge in [0.05, 0.1) is 0 Å². The van der Waals surface area contributed by atoms with Gasteiger partial charge in [0.15, 0.2) is 6.04 Å². The first-order valence-corrected chi connectivity index (χ1v) is 4.24. The van der Waals surface area contributed by atoms with Crippen LogP contribution in [0.15, 0.2) is 0 Å². The van der Waals surface area contributed by atoms with Gasteiger partial charge in [0, 0.05) is 7.05 Å². The van der Waals surface area contributed by atoms with Gasteiger partial charge >= 0.3 is 12.1 Å². The predicted molar refractivity (Wildman–Crippen MR) is 44.4 cm³/mol. The van der Waals surface area contributed by atoms with Crippen LogP contribution in [0.25, 0.3) is 0 Å². The summed E-state index contributed by atoms with van der Waals surface area (Å²) in [5.41, 5.74) is 0. The molecule has 5 nitrogen and oxygen atoms in total. The zero-order valence-electron chi connectivity index (χ0n) is 7.69. The molecule has 1 saturated heterocycles. The third-order valence-electron chi connectivity index (χ3n) is 2.14. The van der Waals surface area contributed by atoms with Crippen molar-refractivity contribution >= 4 is 12.1 Å². The van der Waals surface area contributed by atoms with E-state index < -0.39 is 24.2 Å². The molecule has 5 heteroatoms. The lowest BCUT2D eigenvalue weighted by atomic mass is 10.1. The number of aliphatic carboxylic acids is 1. The fraction of sp³-hybridized carbons (Fsp3) is 0.750. The number of carboxylic acids is 1. The van der Waals surface area contributed by atoms with Crippen molar-refractivity contribution in [3.8, 4) is 0 Å². The van der Waals surface area contributed by atoms with E-state index in [2.05, 4.69) is 0 Å². The summed E-state index contributed by atoms with van der Waals surface area (Å²) in [5, 5.41) is 8.82. The van der Waals surface area contributed by atoms with E-state index in [-0.39, 0.29) is 0 Å². The van der Waals surface area contributed by atoms with Gasteiger partial charge in [0.1, 0.15) is 6.10 Å². The van der Waals surface area contributed by atoms with Crippen molar-refractivity contribution in [3.63, 3.8) is 0 Å². The minimum Gasteiger partial charge on any atom is -0.480 e. The van der Waals surface area contributed by atoms with Crippen molar-refractivity contribution in [2.24, 2.45) is 0 Å². The number of hydrogen-bond donors (Lipinski definition) is 1. The van der Waals surface area contributed by atoms with Crippen molar-refractivity contribution in [2.45, 2.75) is 31.9 Å². The van der Waals surface area contributed by atoms with Crippen molar-refractivity contribution in [1.82, 2.24) is 4.90 Å². The smallest absolute Gasteiger partial charge is 0.410 e. The Bertz CT molecular complexity index is 228. The lowest BCUT2D eigenvalue weighted by molar-refractivity contribution is -0.142. The first kappa shape index (κ1) is 9.83. The highest BCUT2D eigenvalue weighted by molar-refractivity contribution is 5.83. The fourth-order valence-electron chi connectivity index (χ4n) is 1.47. The molecule has 1 heterocycles. The lowest BCUT2D eigenvalue weighted by Crippen LogP contribution is -2.40. The number of ether oxygens (including phenoxy) is 1. The predicted octanol–water partition coefficient (Wildman–Crippen LogP) is 0.690. The van der Waals surface area contributed by atoms with Crippen molar-refractivity contribution in [3.05, 3.63) is 0 Å². The molecule has 1 fully saturated rings. The van der Waals surface area contributed by atoms with Gasteiger partial charge in [0.2, 0.25) is 0 Å². The quantitative estimate of drug-likeness (QED) is 0.705. The molecule has 0 spiro atoms. The van der Waals surface area contributed by atoms with Crippen LogP contribution in [0.5, 0.6) is 0 Å². The SMILES string of the molecule is CCCC1OC(=O)N(C)C1C(=O)O. The zero-order chi connectivity index (χ0) is 10.0. The Kier molecular flexibility index (Phi) is 2.75. The molecule has 0 aromatic rings. The number of likely N-dealkylation sites (N-methyl/N-ethyl adjacent to an activating group) is 1. The Hall–Kier alpha value is -1.26. The molecule has 1 rings (SSSR count). The number of hydrogen-bond acceptors (Lipinski definition) is 3. The monoisotopic (exact) mass is 187 g/mol. The summed E-state index contributed by atoms with van der Waals surface area (Å²) in [5.74, 6) is -1.01. The maximum atomic E-state index is 11.0. The standard InChI is InChI=1S/C8H13NO4/c1-3-4-5-6(7(10)11)9(2)8(12)13-5/h5-6H,3-4H2,1-2H3,(H,10,11). The molecule has 0 radical (unpaired) electrons. The second-order valence-corrected chi connectivity index (χ2v) is 3.10. The van der Waals surface area contributed by atoms with E-state index >= 15 is 0 Å². The molecule has 1 aliphatic rings. The molecule has 0 aliphatic carbocycles. The van der Waals surface area contributed by atoms with E-state index in [9.17, 15) is 9.59 Å². The summed E-state index contributed by atoms with van der Waals surface area (Å²) in [6, 6.07) is -0.826. The van der Waals surface area contributed by atoms with Gasteiger partial charge in [0.25, 0.3) is 0 Å². The van der Waals surface area contributed by atoms with E-state index in [0.29, 0.717) is 6.42 Å². The largest absolute Gasteiger partial charge is 0.480 e. The highest BCUT2D eigenvalue weighted by atomic mass is 16.6. The van der Waals surface area contributed by atoms with Crippen LogP contribution < -0.4 is 0 Å². The third-order valence-corrected chi connectivity index (χ3v) is 2.14. The molecule has 0 bridgehead atoms. The molecule has 0 aromatic carbocycles. The lowest BCUT2D eigenvalue weighted by Gasteiger charge is -2.15. The Morgan fingerprint density at radius 3 is 2.77 bits per heavy atom. The van der Waals surface area contributed by atoms with Gasteiger partial charge in [-0.25, -0.2) is 9.59 Å². The Morgan fingerprint density at radius 2 is 2.31 bits per heavy atom. The van der Waals surface area contributed by atoms with Crippen molar-refractivity contribution in [2.75, 3.05) is 7.05 Å². The molecule has 1 amide bonds. The Morgan fingerprint density at radius 1 is 1.69 bits per heavy atom. The molecule has 1 aliphatic heterocycles. The second-order valence-electron chi connectivity index (χ2n) is 3.10. The highest BCUT2D eigenvalue weighted by Gasteiger charge is 2.43.